The molecule has 0 spiro atoms. The highest BCUT2D eigenvalue weighted by Gasteiger charge is 2.21. The number of hydrogen-bond acceptors (Lipinski definition) is 5. The molecule has 5 nitrogen and oxygen atoms in total. The largest absolute Gasteiger partial charge is 0.495 e. The standard InChI is InChI=1S/C16H27N3O2/c1-17-14(13-20-2)12-18-8-10-19(11-9-18)15-6-4-5-7-16(15)21-3/h4-7,14,17H,8-13H2,1-3H3. The van der Waals surface area contributed by atoms with Crippen LogP contribution in [0.4, 0.5) is 5.69 Å². The van der Waals surface area contributed by atoms with E-state index >= 15 is 0 Å². The topological polar surface area (TPSA) is 37.0 Å². The van der Waals surface area contributed by atoms with Crippen molar-refractivity contribution in [2.24, 2.45) is 0 Å². The van der Waals surface area contributed by atoms with E-state index in [2.05, 4.69) is 27.2 Å². The van der Waals surface area contributed by atoms with E-state index in [4.69, 9.17) is 9.47 Å². The van der Waals surface area contributed by atoms with Gasteiger partial charge in [-0.15, -0.1) is 0 Å². The minimum atomic E-state index is 0.396. The summed E-state index contributed by atoms with van der Waals surface area (Å²) in [5.74, 6) is 0.957. The van der Waals surface area contributed by atoms with Crippen molar-refractivity contribution < 1.29 is 9.47 Å². The van der Waals surface area contributed by atoms with Gasteiger partial charge in [0.25, 0.3) is 0 Å². The van der Waals surface area contributed by atoms with E-state index in [1.165, 1.54) is 5.69 Å². The van der Waals surface area contributed by atoms with Crippen molar-refractivity contribution >= 4 is 5.69 Å². The zero-order valence-corrected chi connectivity index (χ0v) is 13.3. The molecule has 0 saturated carbocycles. The molecular formula is C16H27N3O2. The highest BCUT2D eigenvalue weighted by atomic mass is 16.5. The number of piperazine rings is 1. The van der Waals surface area contributed by atoms with Crippen LogP contribution in [0.1, 0.15) is 0 Å². The molecule has 1 heterocycles. The molecule has 1 aromatic carbocycles. The van der Waals surface area contributed by atoms with Crippen molar-refractivity contribution in [2.75, 3.05) is 65.5 Å². The summed E-state index contributed by atoms with van der Waals surface area (Å²) < 4.78 is 10.7. The Kier molecular flexibility index (Phi) is 6.29. The fraction of sp³-hybridized carbons (Fsp3) is 0.625. The quantitative estimate of drug-likeness (QED) is 0.813. The molecule has 1 aliphatic rings. The van der Waals surface area contributed by atoms with E-state index in [1.807, 2.05) is 19.2 Å². The second kappa shape index (κ2) is 8.22. The Morgan fingerprint density at radius 3 is 2.48 bits per heavy atom. The molecule has 1 fully saturated rings. The summed E-state index contributed by atoms with van der Waals surface area (Å²) in [4.78, 5) is 4.89. The van der Waals surface area contributed by atoms with Gasteiger partial charge in [0.15, 0.2) is 0 Å². The Hall–Kier alpha value is -1.30. The van der Waals surface area contributed by atoms with Crippen LogP contribution in [0.2, 0.25) is 0 Å². The van der Waals surface area contributed by atoms with Crippen molar-refractivity contribution in [3.05, 3.63) is 24.3 Å². The van der Waals surface area contributed by atoms with Gasteiger partial charge in [-0.05, 0) is 19.2 Å². The van der Waals surface area contributed by atoms with Gasteiger partial charge in [0.2, 0.25) is 0 Å². The molecule has 0 aromatic heterocycles. The second-order valence-corrected chi connectivity index (χ2v) is 5.40. The van der Waals surface area contributed by atoms with Crippen molar-refractivity contribution in [1.82, 2.24) is 10.2 Å². The molecule has 0 aliphatic carbocycles. The van der Waals surface area contributed by atoms with Crippen molar-refractivity contribution in [2.45, 2.75) is 6.04 Å². The Bertz CT molecular complexity index is 420. The molecule has 1 aromatic rings. The maximum absolute atomic E-state index is 5.46. The molecule has 0 radical (unpaired) electrons. The number of benzene rings is 1. The van der Waals surface area contributed by atoms with Crippen LogP contribution < -0.4 is 15.0 Å². The third-order valence-corrected chi connectivity index (χ3v) is 4.05. The maximum atomic E-state index is 5.46. The number of nitrogens with zero attached hydrogens (tertiary/aromatic N) is 2. The lowest BCUT2D eigenvalue weighted by Gasteiger charge is -2.37. The van der Waals surface area contributed by atoms with Crippen molar-refractivity contribution in [3.63, 3.8) is 0 Å². The van der Waals surface area contributed by atoms with Crippen LogP contribution in [-0.2, 0) is 4.74 Å². The minimum Gasteiger partial charge on any atom is -0.495 e. The normalized spacial score (nSPS) is 17.8. The van der Waals surface area contributed by atoms with Gasteiger partial charge in [-0.25, -0.2) is 0 Å². The number of hydrogen-bond donors (Lipinski definition) is 1. The summed E-state index contributed by atoms with van der Waals surface area (Å²) in [5.41, 5.74) is 1.20. The molecular weight excluding hydrogens is 266 g/mol. The lowest BCUT2D eigenvalue weighted by atomic mass is 10.2. The fourth-order valence-electron chi connectivity index (χ4n) is 2.80. The van der Waals surface area contributed by atoms with E-state index in [9.17, 15) is 0 Å². The van der Waals surface area contributed by atoms with Gasteiger partial charge in [0, 0.05) is 45.9 Å². The van der Waals surface area contributed by atoms with Crippen molar-refractivity contribution in [1.29, 1.82) is 0 Å². The van der Waals surface area contributed by atoms with Crippen LogP contribution in [-0.4, -0.2) is 71.5 Å². The Labute approximate surface area is 127 Å². The van der Waals surface area contributed by atoms with E-state index in [0.29, 0.717) is 6.04 Å². The number of rotatable bonds is 7. The minimum absolute atomic E-state index is 0.396. The van der Waals surface area contributed by atoms with Crippen LogP contribution in [0, 0.1) is 0 Å². The van der Waals surface area contributed by atoms with E-state index in [0.717, 1.165) is 45.1 Å². The SMILES string of the molecule is CNC(COC)CN1CCN(c2ccccc2OC)CC1. The first kappa shape index (κ1) is 16.1. The molecule has 118 valence electrons. The molecule has 2 rings (SSSR count). The monoisotopic (exact) mass is 293 g/mol. The van der Waals surface area contributed by atoms with Crippen LogP contribution in [0.3, 0.4) is 0 Å². The molecule has 0 bridgehead atoms. The van der Waals surface area contributed by atoms with Crippen LogP contribution in [0.25, 0.3) is 0 Å². The molecule has 0 amide bonds. The summed E-state index contributed by atoms with van der Waals surface area (Å²) in [7, 11) is 5.48. The number of methoxy groups -OCH3 is 2. The van der Waals surface area contributed by atoms with E-state index in [-0.39, 0.29) is 0 Å². The number of anilines is 1. The summed E-state index contributed by atoms with van der Waals surface area (Å²) in [5, 5.41) is 3.31. The third kappa shape index (κ3) is 4.33. The average molecular weight is 293 g/mol. The van der Waals surface area contributed by atoms with Crippen LogP contribution in [0.5, 0.6) is 5.75 Å². The number of ether oxygens (including phenoxy) is 2. The highest BCUT2D eigenvalue weighted by Crippen LogP contribution is 2.28. The third-order valence-electron chi connectivity index (χ3n) is 4.05. The van der Waals surface area contributed by atoms with Gasteiger partial charge in [-0.1, -0.05) is 12.1 Å². The van der Waals surface area contributed by atoms with Gasteiger partial charge in [0.1, 0.15) is 5.75 Å². The first-order chi connectivity index (χ1) is 10.3. The van der Waals surface area contributed by atoms with E-state index in [1.54, 1.807) is 14.2 Å². The predicted molar refractivity (Wildman–Crippen MR) is 86.4 cm³/mol. The van der Waals surface area contributed by atoms with Gasteiger partial charge in [-0.2, -0.15) is 0 Å². The lowest BCUT2D eigenvalue weighted by Crippen LogP contribution is -2.51. The molecule has 1 atom stereocenters. The lowest BCUT2D eigenvalue weighted by molar-refractivity contribution is 0.138. The molecule has 1 N–H and O–H groups in total. The van der Waals surface area contributed by atoms with E-state index < -0.39 is 0 Å². The number of likely N-dealkylation sites (N-methyl/N-ethyl adjacent to an activating group) is 1. The summed E-state index contributed by atoms with van der Waals surface area (Å²) in [6, 6.07) is 8.64. The zero-order valence-electron chi connectivity index (χ0n) is 13.3. The zero-order chi connectivity index (χ0) is 15.1. The Morgan fingerprint density at radius 1 is 1.14 bits per heavy atom. The van der Waals surface area contributed by atoms with Gasteiger partial charge < -0.3 is 19.7 Å². The number of para-hydroxylation sites is 2. The first-order valence-electron chi connectivity index (χ1n) is 7.55. The highest BCUT2D eigenvalue weighted by molar-refractivity contribution is 5.58. The molecule has 1 unspecified atom stereocenters. The molecule has 5 heteroatoms. The molecule has 1 saturated heterocycles. The number of nitrogens with one attached hydrogen (secondary N) is 1. The Morgan fingerprint density at radius 2 is 1.86 bits per heavy atom. The average Bonchev–Trinajstić information content (AvgIpc) is 2.55. The summed E-state index contributed by atoms with van der Waals surface area (Å²) >= 11 is 0. The first-order valence-corrected chi connectivity index (χ1v) is 7.55. The second-order valence-electron chi connectivity index (χ2n) is 5.40. The molecule has 1 aliphatic heterocycles. The maximum Gasteiger partial charge on any atom is 0.142 e. The van der Waals surface area contributed by atoms with Crippen LogP contribution in [0.15, 0.2) is 24.3 Å². The predicted octanol–water partition coefficient (Wildman–Crippen LogP) is 1.05. The van der Waals surface area contributed by atoms with Gasteiger partial charge in [-0.3, -0.25) is 4.90 Å². The summed E-state index contributed by atoms with van der Waals surface area (Å²) in [6.07, 6.45) is 0. The molecule has 21 heavy (non-hydrogen) atoms. The van der Waals surface area contributed by atoms with Crippen molar-refractivity contribution in [3.8, 4) is 5.75 Å². The summed E-state index contributed by atoms with van der Waals surface area (Å²) in [6.45, 7) is 5.99. The smallest absolute Gasteiger partial charge is 0.142 e. The fourth-order valence-corrected chi connectivity index (χ4v) is 2.80. The Balaban J connectivity index is 1.88. The van der Waals surface area contributed by atoms with Gasteiger partial charge >= 0.3 is 0 Å². The van der Waals surface area contributed by atoms with Gasteiger partial charge in [0.05, 0.1) is 19.4 Å². The van der Waals surface area contributed by atoms with Crippen LogP contribution >= 0.6 is 0 Å².